The largest absolute Gasteiger partial charge is 0.478 e. The molecule has 1 N–H and O–H groups in total. The Hall–Kier alpha value is -2.77. The van der Waals surface area contributed by atoms with Gasteiger partial charge in [-0.1, -0.05) is 11.3 Å². The van der Waals surface area contributed by atoms with Crippen molar-refractivity contribution in [2.45, 2.75) is 13.0 Å². The predicted octanol–water partition coefficient (Wildman–Crippen LogP) is 0.501. The van der Waals surface area contributed by atoms with E-state index in [-0.39, 0.29) is 5.56 Å². The molecule has 2 aromatic heterocycles. The Labute approximate surface area is 113 Å². The first-order valence-corrected chi connectivity index (χ1v) is 6.05. The molecule has 3 rings (SSSR count). The van der Waals surface area contributed by atoms with E-state index in [1.807, 2.05) is 0 Å². The molecule has 0 aliphatic carbocycles. The lowest BCUT2D eigenvalue weighted by Crippen LogP contribution is -2.05. The molecule has 0 atom stereocenters. The third-order valence-corrected chi connectivity index (χ3v) is 2.97. The van der Waals surface area contributed by atoms with Crippen molar-refractivity contribution in [2.75, 3.05) is 0 Å². The van der Waals surface area contributed by atoms with E-state index >= 15 is 0 Å². The van der Waals surface area contributed by atoms with Crippen LogP contribution in [-0.2, 0) is 20.0 Å². The minimum atomic E-state index is -1.01. The van der Waals surface area contributed by atoms with Gasteiger partial charge in [-0.25, -0.2) is 14.5 Å². The number of aromatic nitrogens is 6. The summed E-state index contributed by atoms with van der Waals surface area (Å²) in [5.41, 5.74) is 1.25. The zero-order valence-corrected chi connectivity index (χ0v) is 10.8. The molecule has 8 heteroatoms. The molecule has 0 bridgehead atoms. The number of carboxylic acid groups (broad SMARTS) is 1. The number of carboxylic acids is 1. The van der Waals surface area contributed by atoms with Crippen LogP contribution < -0.4 is 0 Å². The minimum absolute atomic E-state index is 0.157. The minimum Gasteiger partial charge on any atom is -0.478 e. The van der Waals surface area contributed by atoms with E-state index in [1.165, 1.54) is 6.07 Å². The van der Waals surface area contributed by atoms with Crippen molar-refractivity contribution in [2.24, 2.45) is 7.05 Å². The quantitative estimate of drug-likeness (QED) is 0.742. The summed E-state index contributed by atoms with van der Waals surface area (Å²) < 4.78 is 3.30. The van der Waals surface area contributed by atoms with Crippen LogP contribution in [0.4, 0.5) is 0 Å². The average molecular weight is 272 g/mol. The fourth-order valence-electron chi connectivity index (χ4n) is 2.03. The first kappa shape index (κ1) is 12.3. The number of hydrogen-bond acceptors (Lipinski definition) is 5. The first-order valence-electron chi connectivity index (χ1n) is 6.05. The van der Waals surface area contributed by atoms with Crippen LogP contribution >= 0.6 is 0 Å². The highest BCUT2D eigenvalue weighted by Gasteiger charge is 2.13. The van der Waals surface area contributed by atoms with Crippen LogP contribution in [0.15, 0.2) is 24.5 Å². The maximum atomic E-state index is 11.1. The van der Waals surface area contributed by atoms with Crippen molar-refractivity contribution >= 4 is 17.0 Å². The van der Waals surface area contributed by atoms with E-state index < -0.39 is 5.97 Å². The smallest absolute Gasteiger partial charge is 0.338 e. The van der Waals surface area contributed by atoms with E-state index in [0.29, 0.717) is 29.8 Å². The molecule has 0 saturated heterocycles. The first-order chi connectivity index (χ1) is 9.65. The van der Waals surface area contributed by atoms with Gasteiger partial charge in [0.1, 0.15) is 11.8 Å². The third-order valence-electron chi connectivity index (χ3n) is 2.97. The van der Waals surface area contributed by atoms with Crippen molar-refractivity contribution < 1.29 is 9.90 Å². The highest BCUT2D eigenvalue weighted by atomic mass is 16.4. The van der Waals surface area contributed by atoms with Gasteiger partial charge in [0.2, 0.25) is 0 Å². The number of nitrogens with zero attached hydrogens (tertiary/aromatic N) is 6. The Morgan fingerprint density at radius 2 is 2.25 bits per heavy atom. The van der Waals surface area contributed by atoms with Gasteiger partial charge in [-0.3, -0.25) is 4.68 Å². The third kappa shape index (κ3) is 2.11. The molecule has 8 nitrogen and oxygen atoms in total. The molecule has 2 heterocycles. The standard InChI is InChI=1S/C12H12N6O2/c1-17-7-13-10(15-17)5-6-18-9-4-2-3-8(12(19)20)11(9)14-16-18/h2-4,7H,5-6H2,1H3,(H,19,20). The lowest BCUT2D eigenvalue weighted by atomic mass is 10.2. The topological polar surface area (TPSA) is 98.7 Å². The van der Waals surface area contributed by atoms with E-state index in [1.54, 1.807) is 34.9 Å². The summed E-state index contributed by atoms with van der Waals surface area (Å²) in [6, 6.07) is 5.00. The second-order valence-corrected chi connectivity index (χ2v) is 4.38. The van der Waals surface area contributed by atoms with Crippen LogP contribution in [0.2, 0.25) is 0 Å². The molecule has 3 aromatic rings. The van der Waals surface area contributed by atoms with Crippen LogP contribution in [0.25, 0.3) is 11.0 Å². The van der Waals surface area contributed by atoms with Gasteiger partial charge in [0.05, 0.1) is 17.6 Å². The van der Waals surface area contributed by atoms with Gasteiger partial charge in [0, 0.05) is 13.5 Å². The normalized spacial score (nSPS) is 11.1. The number of rotatable bonds is 4. The molecular formula is C12H12N6O2. The second kappa shape index (κ2) is 4.72. The molecule has 0 saturated carbocycles. The number of hydrogen-bond donors (Lipinski definition) is 1. The average Bonchev–Trinajstić information content (AvgIpc) is 3.02. The molecule has 0 aliphatic rings. The zero-order chi connectivity index (χ0) is 14.1. The van der Waals surface area contributed by atoms with E-state index in [4.69, 9.17) is 5.11 Å². The fourth-order valence-corrected chi connectivity index (χ4v) is 2.03. The van der Waals surface area contributed by atoms with Gasteiger partial charge in [0.15, 0.2) is 5.82 Å². The Balaban J connectivity index is 1.89. The molecule has 0 spiro atoms. The molecule has 0 fully saturated rings. The number of fused-ring (bicyclic) bond motifs is 1. The summed E-state index contributed by atoms with van der Waals surface area (Å²) >= 11 is 0. The summed E-state index contributed by atoms with van der Waals surface area (Å²) in [5, 5.41) is 21.2. The Morgan fingerprint density at radius 3 is 2.95 bits per heavy atom. The van der Waals surface area contributed by atoms with Gasteiger partial charge in [-0.2, -0.15) is 5.10 Å². The maximum Gasteiger partial charge on any atom is 0.338 e. The van der Waals surface area contributed by atoms with Crippen LogP contribution in [0.5, 0.6) is 0 Å². The molecular weight excluding hydrogens is 260 g/mol. The summed E-state index contributed by atoms with van der Waals surface area (Å²) in [6.45, 7) is 0.545. The molecule has 0 aliphatic heterocycles. The monoisotopic (exact) mass is 272 g/mol. The molecule has 102 valence electrons. The van der Waals surface area contributed by atoms with Crippen LogP contribution in [0.1, 0.15) is 16.2 Å². The van der Waals surface area contributed by atoms with Gasteiger partial charge < -0.3 is 5.11 Å². The highest BCUT2D eigenvalue weighted by Crippen LogP contribution is 2.16. The Morgan fingerprint density at radius 1 is 1.40 bits per heavy atom. The lowest BCUT2D eigenvalue weighted by Gasteiger charge is -2.00. The van der Waals surface area contributed by atoms with Gasteiger partial charge in [0.25, 0.3) is 0 Å². The summed E-state index contributed by atoms with van der Waals surface area (Å²) in [4.78, 5) is 15.2. The van der Waals surface area contributed by atoms with E-state index in [2.05, 4.69) is 20.4 Å². The van der Waals surface area contributed by atoms with Crippen molar-refractivity contribution in [3.8, 4) is 0 Å². The van der Waals surface area contributed by atoms with Crippen molar-refractivity contribution in [3.05, 3.63) is 35.9 Å². The van der Waals surface area contributed by atoms with Crippen molar-refractivity contribution in [3.63, 3.8) is 0 Å². The number of carbonyl (C=O) groups is 1. The summed E-state index contributed by atoms with van der Waals surface area (Å²) in [5.74, 6) is -0.292. The predicted molar refractivity (Wildman–Crippen MR) is 69.2 cm³/mol. The maximum absolute atomic E-state index is 11.1. The van der Waals surface area contributed by atoms with Crippen molar-refractivity contribution in [1.82, 2.24) is 29.8 Å². The highest BCUT2D eigenvalue weighted by molar-refractivity contribution is 6.00. The second-order valence-electron chi connectivity index (χ2n) is 4.38. The number of aromatic carboxylic acids is 1. The van der Waals surface area contributed by atoms with E-state index in [9.17, 15) is 4.79 Å². The lowest BCUT2D eigenvalue weighted by molar-refractivity contribution is 0.0699. The van der Waals surface area contributed by atoms with Gasteiger partial charge >= 0.3 is 5.97 Å². The van der Waals surface area contributed by atoms with Crippen LogP contribution in [0.3, 0.4) is 0 Å². The van der Waals surface area contributed by atoms with Crippen LogP contribution in [0, 0.1) is 0 Å². The van der Waals surface area contributed by atoms with Gasteiger partial charge in [-0.15, -0.1) is 5.10 Å². The van der Waals surface area contributed by atoms with Crippen LogP contribution in [-0.4, -0.2) is 40.8 Å². The Bertz CT molecular complexity index is 775. The van der Waals surface area contributed by atoms with Gasteiger partial charge in [-0.05, 0) is 12.1 Å². The number of benzene rings is 1. The summed E-state index contributed by atoms with van der Waals surface area (Å²) in [7, 11) is 1.81. The molecule has 0 amide bonds. The number of aryl methyl sites for hydroxylation is 3. The zero-order valence-electron chi connectivity index (χ0n) is 10.8. The van der Waals surface area contributed by atoms with Crippen molar-refractivity contribution in [1.29, 1.82) is 0 Å². The molecule has 0 radical (unpaired) electrons. The summed E-state index contributed by atoms with van der Waals surface area (Å²) in [6.07, 6.45) is 2.24. The van der Waals surface area contributed by atoms with E-state index in [0.717, 1.165) is 0 Å². The molecule has 0 unspecified atom stereocenters. The molecule has 20 heavy (non-hydrogen) atoms. The fraction of sp³-hybridized carbons (Fsp3) is 0.250. The SMILES string of the molecule is Cn1cnc(CCn2nnc3c(C(=O)O)cccc32)n1. The Kier molecular flexibility index (Phi) is 2.90. The molecule has 1 aromatic carbocycles.